The first kappa shape index (κ1) is 16.2. The normalized spacial score (nSPS) is 17.1. The zero-order valence-electron chi connectivity index (χ0n) is 14.1. The SMILES string of the molecule is Cc1ccc2nc(-c3ccc(NC(=O)CC4CCCO4)cc3)sc2c1. The van der Waals surface area contributed by atoms with Gasteiger partial charge in [-0.05, 0) is 61.7 Å². The summed E-state index contributed by atoms with van der Waals surface area (Å²) in [7, 11) is 0. The van der Waals surface area contributed by atoms with Crippen molar-refractivity contribution in [2.45, 2.75) is 32.3 Å². The van der Waals surface area contributed by atoms with E-state index in [1.54, 1.807) is 11.3 Å². The molecule has 0 spiro atoms. The Morgan fingerprint density at radius 3 is 2.88 bits per heavy atom. The van der Waals surface area contributed by atoms with E-state index < -0.39 is 0 Å². The zero-order chi connectivity index (χ0) is 17.2. The number of amides is 1. The van der Waals surface area contributed by atoms with Gasteiger partial charge in [-0.3, -0.25) is 4.79 Å². The predicted octanol–water partition coefficient (Wildman–Crippen LogP) is 4.78. The van der Waals surface area contributed by atoms with Gasteiger partial charge in [0.05, 0.1) is 22.7 Å². The Bertz CT molecular complexity index is 896. The molecule has 128 valence electrons. The number of thiazole rings is 1. The van der Waals surface area contributed by atoms with E-state index in [1.807, 2.05) is 24.3 Å². The third kappa shape index (κ3) is 3.72. The predicted molar refractivity (Wildman–Crippen MR) is 102 cm³/mol. The Morgan fingerprint density at radius 1 is 1.28 bits per heavy atom. The minimum absolute atomic E-state index is 0.00936. The third-order valence-electron chi connectivity index (χ3n) is 4.40. The molecule has 1 atom stereocenters. The topological polar surface area (TPSA) is 51.2 Å². The second kappa shape index (κ2) is 6.94. The summed E-state index contributed by atoms with van der Waals surface area (Å²) < 4.78 is 6.71. The quantitative estimate of drug-likeness (QED) is 0.735. The Morgan fingerprint density at radius 2 is 2.12 bits per heavy atom. The van der Waals surface area contributed by atoms with E-state index in [2.05, 4.69) is 30.4 Å². The smallest absolute Gasteiger partial charge is 0.226 e. The van der Waals surface area contributed by atoms with Gasteiger partial charge in [0.2, 0.25) is 5.91 Å². The molecule has 4 nitrogen and oxygen atoms in total. The van der Waals surface area contributed by atoms with E-state index >= 15 is 0 Å². The molecule has 5 heteroatoms. The van der Waals surface area contributed by atoms with Gasteiger partial charge < -0.3 is 10.1 Å². The number of benzene rings is 2. The van der Waals surface area contributed by atoms with Crippen LogP contribution in [0.15, 0.2) is 42.5 Å². The van der Waals surface area contributed by atoms with E-state index in [0.717, 1.165) is 41.2 Å². The fourth-order valence-corrected chi connectivity index (χ4v) is 4.14. The van der Waals surface area contributed by atoms with Gasteiger partial charge in [0.25, 0.3) is 0 Å². The van der Waals surface area contributed by atoms with Crippen LogP contribution in [-0.2, 0) is 9.53 Å². The van der Waals surface area contributed by atoms with Crippen molar-refractivity contribution in [2.24, 2.45) is 0 Å². The lowest BCUT2D eigenvalue weighted by atomic mass is 10.1. The van der Waals surface area contributed by atoms with Crippen LogP contribution in [0.3, 0.4) is 0 Å². The minimum Gasteiger partial charge on any atom is -0.378 e. The maximum Gasteiger partial charge on any atom is 0.226 e. The number of anilines is 1. The maximum atomic E-state index is 12.1. The lowest BCUT2D eigenvalue weighted by Crippen LogP contribution is -2.19. The summed E-state index contributed by atoms with van der Waals surface area (Å²) in [6.45, 7) is 2.86. The molecule has 1 saturated heterocycles. The Hall–Kier alpha value is -2.24. The van der Waals surface area contributed by atoms with Crippen LogP contribution in [-0.4, -0.2) is 23.6 Å². The van der Waals surface area contributed by atoms with Crippen LogP contribution in [0.1, 0.15) is 24.8 Å². The zero-order valence-corrected chi connectivity index (χ0v) is 14.9. The van der Waals surface area contributed by atoms with Crippen LogP contribution in [0.25, 0.3) is 20.8 Å². The number of aromatic nitrogens is 1. The first-order valence-electron chi connectivity index (χ1n) is 8.56. The molecule has 1 aromatic heterocycles. The summed E-state index contributed by atoms with van der Waals surface area (Å²) in [6.07, 6.45) is 2.53. The van der Waals surface area contributed by atoms with Crippen LogP contribution >= 0.6 is 11.3 Å². The molecule has 1 unspecified atom stereocenters. The highest BCUT2D eigenvalue weighted by Crippen LogP contribution is 2.31. The number of rotatable bonds is 4. The number of carbonyl (C=O) groups is 1. The highest BCUT2D eigenvalue weighted by Gasteiger charge is 2.19. The molecule has 4 rings (SSSR count). The molecule has 3 aromatic rings. The number of nitrogens with one attached hydrogen (secondary N) is 1. The molecule has 1 N–H and O–H groups in total. The average molecular weight is 352 g/mol. The molecular weight excluding hydrogens is 332 g/mol. The van der Waals surface area contributed by atoms with Gasteiger partial charge >= 0.3 is 0 Å². The number of carbonyl (C=O) groups excluding carboxylic acids is 1. The first-order valence-corrected chi connectivity index (χ1v) is 9.38. The summed E-state index contributed by atoms with van der Waals surface area (Å²) >= 11 is 1.69. The summed E-state index contributed by atoms with van der Waals surface area (Å²) in [6, 6.07) is 14.2. The highest BCUT2D eigenvalue weighted by molar-refractivity contribution is 7.21. The molecule has 1 fully saturated rings. The molecule has 0 bridgehead atoms. The van der Waals surface area contributed by atoms with Crippen LogP contribution in [0.4, 0.5) is 5.69 Å². The van der Waals surface area contributed by atoms with Gasteiger partial charge in [0, 0.05) is 17.9 Å². The summed E-state index contributed by atoms with van der Waals surface area (Å²) in [5.74, 6) is 0.00936. The fraction of sp³-hybridized carbons (Fsp3) is 0.300. The molecule has 25 heavy (non-hydrogen) atoms. The van der Waals surface area contributed by atoms with Crippen LogP contribution in [0, 0.1) is 6.92 Å². The van der Waals surface area contributed by atoms with Gasteiger partial charge in [0.1, 0.15) is 5.01 Å². The fourth-order valence-electron chi connectivity index (χ4n) is 3.08. The largest absolute Gasteiger partial charge is 0.378 e. The van der Waals surface area contributed by atoms with Crippen LogP contribution < -0.4 is 5.32 Å². The second-order valence-corrected chi connectivity index (χ2v) is 7.49. The summed E-state index contributed by atoms with van der Waals surface area (Å²) in [4.78, 5) is 16.8. The molecule has 0 saturated carbocycles. The summed E-state index contributed by atoms with van der Waals surface area (Å²) in [5, 5.41) is 3.94. The van der Waals surface area contributed by atoms with E-state index in [9.17, 15) is 4.79 Å². The van der Waals surface area contributed by atoms with Gasteiger partial charge in [0.15, 0.2) is 0 Å². The number of ether oxygens (including phenoxy) is 1. The van der Waals surface area contributed by atoms with Crippen molar-refractivity contribution in [3.8, 4) is 10.6 Å². The first-order chi connectivity index (χ1) is 12.2. The number of fused-ring (bicyclic) bond motifs is 1. The molecule has 1 amide bonds. The Labute approximate surface area is 150 Å². The standard InChI is InChI=1S/C20H20N2O2S/c1-13-4-9-17-18(11-13)25-20(22-17)14-5-7-15(8-6-14)21-19(23)12-16-3-2-10-24-16/h4-9,11,16H,2-3,10,12H2,1H3,(H,21,23). The van der Waals surface area contributed by atoms with Crippen molar-refractivity contribution >= 4 is 33.1 Å². The van der Waals surface area contributed by atoms with Gasteiger partial charge in [-0.25, -0.2) is 4.98 Å². The van der Waals surface area contributed by atoms with Crippen molar-refractivity contribution in [2.75, 3.05) is 11.9 Å². The Kier molecular flexibility index (Phi) is 4.51. The Balaban J connectivity index is 1.46. The highest BCUT2D eigenvalue weighted by atomic mass is 32.1. The number of nitrogens with zero attached hydrogens (tertiary/aromatic N) is 1. The molecule has 0 radical (unpaired) electrons. The monoisotopic (exact) mass is 352 g/mol. The van der Waals surface area contributed by atoms with Gasteiger partial charge in [-0.2, -0.15) is 0 Å². The molecule has 0 aliphatic carbocycles. The van der Waals surface area contributed by atoms with E-state index in [1.165, 1.54) is 10.3 Å². The number of hydrogen-bond donors (Lipinski definition) is 1. The van der Waals surface area contributed by atoms with Crippen LogP contribution in [0.2, 0.25) is 0 Å². The second-order valence-electron chi connectivity index (χ2n) is 6.45. The van der Waals surface area contributed by atoms with Crippen molar-refractivity contribution in [3.63, 3.8) is 0 Å². The van der Waals surface area contributed by atoms with Crippen molar-refractivity contribution < 1.29 is 9.53 Å². The van der Waals surface area contributed by atoms with Gasteiger partial charge in [-0.15, -0.1) is 11.3 Å². The van der Waals surface area contributed by atoms with E-state index in [-0.39, 0.29) is 12.0 Å². The van der Waals surface area contributed by atoms with E-state index in [4.69, 9.17) is 9.72 Å². The lowest BCUT2D eigenvalue weighted by molar-refractivity contribution is -0.118. The third-order valence-corrected chi connectivity index (χ3v) is 5.46. The molecule has 1 aliphatic rings. The maximum absolute atomic E-state index is 12.1. The van der Waals surface area contributed by atoms with Crippen LogP contribution in [0.5, 0.6) is 0 Å². The van der Waals surface area contributed by atoms with Crippen molar-refractivity contribution in [1.82, 2.24) is 4.98 Å². The van der Waals surface area contributed by atoms with Gasteiger partial charge in [-0.1, -0.05) is 6.07 Å². The molecule has 1 aliphatic heterocycles. The lowest BCUT2D eigenvalue weighted by Gasteiger charge is -2.10. The number of aryl methyl sites for hydroxylation is 1. The molecule has 2 aromatic carbocycles. The number of hydrogen-bond acceptors (Lipinski definition) is 4. The van der Waals surface area contributed by atoms with Crippen molar-refractivity contribution in [3.05, 3.63) is 48.0 Å². The molecule has 2 heterocycles. The summed E-state index contributed by atoms with van der Waals surface area (Å²) in [5.41, 5.74) is 4.14. The van der Waals surface area contributed by atoms with Crippen molar-refractivity contribution in [1.29, 1.82) is 0 Å². The minimum atomic E-state index is 0.00936. The molecular formula is C20H20N2O2S. The average Bonchev–Trinajstić information content (AvgIpc) is 3.24. The van der Waals surface area contributed by atoms with E-state index in [0.29, 0.717) is 6.42 Å².